The number of fused-ring (bicyclic) bond motifs is 7. The van der Waals surface area contributed by atoms with Crippen LogP contribution in [0.2, 0.25) is 0 Å². The first-order chi connectivity index (χ1) is 14.3. The molecule has 0 aromatic rings. The Morgan fingerprint density at radius 2 is 2.07 bits per heavy atom. The van der Waals surface area contributed by atoms with Gasteiger partial charge in [0.15, 0.2) is 11.5 Å². The standard InChI is InChI=1S/C26H36O4/c1-5-29-21(28)9-6-15(2)17-7-8-18-22-19(11-13-25(17,18)3)26(4)12-10-16(27)14-20(26)23-24(22)30-23/h6,9,14-19,22,27H,5,7-8,10-13H2,1-4H3/b9-6+/t15-,16?,17-,18?,19?,22?,25-,26-/m1/s1. The van der Waals surface area contributed by atoms with Gasteiger partial charge in [-0.25, -0.2) is 4.79 Å². The minimum atomic E-state index is -0.320. The van der Waals surface area contributed by atoms with Gasteiger partial charge in [-0.1, -0.05) is 26.8 Å². The van der Waals surface area contributed by atoms with Crippen LogP contribution in [0.15, 0.2) is 35.3 Å². The highest BCUT2D eigenvalue weighted by molar-refractivity contribution is 5.81. The number of ether oxygens (including phenoxy) is 2. The lowest BCUT2D eigenvalue weighted by Gasteiger charge is -2.55. The number of esters is 1. The highest BCUT2D eigenvalue weighted by Gasteiger charge is 2.65. The molecule has 4 heteroatoms. The second kappa shape index (κ2) is 6.98. The Hall–Kier alpha value is -1.55. The molecule has 2 fully saturated rings. The lowest BCUT2D eigenvalue weighted by atomic mass is 9.48. The Kier molecular flexibility index (Phi) is 4.74. The third kappa shape index (κ3) is 2.86. The lowest BCUT2D eigenvalue weighted by molar-refractivity contribution is -0.137. The van der Waals surface area contributed by atoms with Crippen LogP contribution in [0.25, 0.3) is 0 Å². The van der Waals surface area contributed by atoms with E-state index < -0.39 is 0 Å². The van der Waals surface area contributed by atoms with Crippen LogP contribution in [0.5, 0.6) is 0 Å². The monoisotopic (exact) mass is 412 g/mol. The predicted octanol–water partition coefficient (Wildman–Crippen LogP) is 5.14. The summed E-state index contributed by atoms with van der Waals surface area (Å²) in [6.45, 7) is 9.46. The van der Waals surface area contributed by atoms with Crippen LogP contribution in [0.1, 0.15) is 66.2 Å². The van der Waals surface area contributed by atoms with Gasteiger partial charge >= 0.3 is 5.97 Å². The van der Waals surface area contributed by atoms with E-state index >= 15 is 0 Å². The van der Waals surface area contributed by atoms with Crippen molar-refractivity contribution in [1.82, 2.24) is 0 Å². The van der Waals surface area contributed by atoms with Crippen LogP contribution in [-0.4, -0.2) is 23.8 Å². The van der Waals surface area contributed by atoms with E-state index in [-0.39, 0.29) is 22.9 Å². The molecule has 30 heavy (non-hydrogen) atoms. The van der Waals surface area contributed by atoms with Crippen LogP contribution in [0.3, 0.4) is 0 Å². The van der Waals surface area contributed by atoms with Crippen molar-refractivity contribution >= 4 is 5.97 Å². The van der Waals surface area contributed by atoms with Gasteiger partial charge in [-0.3, -0.25) is 0 Å². The molecular formula is C26H36O4. The van der Waals surface area contributed by atoms with E-state index in [9.17, 15) is 9.90 Å². The molecule has 4 unspecified atom stereocenters. The van der Waals surface area contributed by atoms with E-state index in [1.807, 2.05) is 6.92 Å². The summed E-state index contributed by atoms with van der Waals surface area (Å²) in [7, 11) is 0. The fourth-order valence-electron chi connectivity index (χ4n) is 7.94. The molecule has 164 valence electrons. The van der Waals surface area contributed by atoms with Crippen molar-refractivity contribution < 1.29 is 19.4 Å². The first-order valence-corrected chi connectivity index (χ1v) is 12.0. The second-order valence-electron chi connectivity index (χ2n) is 10.8. The average molecular weight is 413 g/mol. The van der Waals surface area contributed by atoms with Gasteiger partial charge in [0.2, 0.25) is 0 Å². The molecule has 1 heterocycles. The zero-order chi connectivity index (χ0) is 21.3. The summed E-state index contributed by atoms with van der Waals surface area (Å²) in [5, 5.41) is 10.2. The van der Waals surface area contributed by atoms with Crippen molar-refractivity contribution in [2.24, 2.45) is 40.4 Å². The summed E-state index contributed by atoms with van der Waals surface area (Å²) in [5.41, 5.74) is 1.73. The van der Waals surface area contributed by atoms with Crippen molar-refractivity contribution in [3.05, 3.63) is 35.3 Å². The molecule has 0 amide bonds. The zero-order valence-electron chi connectivity index (χ0n) is 18.8. The number of allylic oxidation sites excluding steroid dienone is 3. The number of rotatable bonds is 4. The minimum Gasteiger partial charge on any atom is -0.463 e. The average Bonchev–Trinajstić information content (AvgIpc) is 3.42. The van der Waals surface area contributed by atoms with Gasteiger partial charge in [-0.2, -0.15) is 0 Å². The maximum absolute atomic E-state index is 11.8. The molecule has 4 aliphatic carbocycles. The molecule has 0 radical (unpaired) electrons. The highest BCUT2D eigenvalue weighted by Crippen LogP contribution is 2.71. The molecular weight excluding hydrogens is 376 g/mol. The highest BCUT2D eigenvalue weighted by atomic mass is 16.6. The van der Waals surface area contributed by atoms with Crippen molar-refractivity contribution in [3.8, 4) is 0 Å². The van der Waals surface area contributed by atoms with Crippen LogP contribution >= 0.6 is 0 Å². The summed E-state index contributed by atoms with van der Waals surface area (Å²) in [5.74, 6) is 4.89. The maximum Gasteiger partial charge on any atom is 0.330 e. The van der Waals surface area contributed by atoms with Crippen molar-refractivity contribution in [3.63, 3.8) is 0 Å². The van der Waals surface area contributed by atoms with Gasteiger partial charge in [0, 0.05) is 17.6 Å². The molecule has 1 aliphatic heterocycles. The smallest absolute Gasteiger partial charge is 0.330 e. The van der Waals surface area contributed by atoms with E-state index in [1.54, 1.807) is 6.08 Å². The SMILES string of the molecule is CCOC(=O)/C=C/[C@@H](C)[C@H]1CCC2C3C4=C(O4)C4=CC(O)CC[C@]4(C)C3CC[C@@]21C. The van der Waals surface area contributed by atoms with Crippen molar-refractivity contribution in [2.75, 3.05) is 6.61 Å². The Bertz CT molecular complexity index is 838. The normalized spacial score (nSPS) is 45.0. The molecule has 4 nitrogen and oxygen atoms in total. The van der Waals surface area contributed by atoms with Gasteiger partial charge in [0.1, 0.15) is 0 Å². The third-order valence-electron chi connectivity index (χ3n) is 9.49. The molecule has 1 N–H and O–H groups in total. The van der Waals surface area contributed by atoms with E-state index in [2.05, 4.69) is 32.9 Å². The number of hydrogen-bond donors (Lipinski definition) is 1. The molecule has 0 saturated heterocycles. The summed E-state index contributed by atoms with van der Waals surface area (Å²) in [6.07, 6.45) is 12.3. The first kappa shape index (κ1) is 20.4. The molecule has 8 atom stereocenters. The fourth-order valence-corrected chi connectivity index (χ4v) is 7.94. The fraction of sp³-hybridized carbons (Fsp3) is 0.731. The molecule has 0 aromatic heterocycles. The molecule has 5 rings (SSSR count). The largest absolute Gasteiger partial charge is 0.463 e. The number of aliphatic hydroxyl groups is 1. The lowest BCUT2D eigenvalue weighted by Crippen LogP contribution is -2.49. The van der Waals surface area contributed by atoms with Crippen LogP contribution in [0.4, 0.5) is 0 Å². The zero-order valence-corrected chi connectivity index (χ0v) is 18.8. The molecule has 0 spiro atoms. The summed E-state index contributed by atoms with van der Waals surface area (Å²) in [4.78, 5) is 11.8. The van der Waals surface area contributed by atoms with Gasteiger partial charge in [-0.05, 0) is 86.0 Å². The van der Waals surface area contributed by atoms with Gasteiger partial charge in [0.05, 0.1) is 12.7 Å². The Morgan fingerprint density at radius 3 is 2.83 bits per heavy atom. The Balaban J connectivity index is 1.41. The number of carbonyl (C=O) groups is 1. The van der Waals surface area contributed by atoms with E-state index in [0.29, 0.717) is 36.2 Å². The van der Waals surface area contributed by atoms with Gasteiger partial charge in [0.25, 0.3) is 0 Å². The van der Waals surface area contributed by atoms with E-state index in [0.717, 1.165) is 18.6 Å². The third-order valence-corrected chi connectivity index (χ3v) is 9.49. The van der Waals surface area contributed by atoms with Gasteiger partial charge in [-0.15, -0.1) is 0 Å². The molecule has 0 bridgehead atoms. The summed E-state index contributed by atoms with van der Waals surface area (Å²) in [6, 6.07) is 0. The van der Waals surface area contributed by atoms with Crippen LogP contribution in [-0.2, 0) is 14.3 Å². The number of aliphatic hydroxyl groups excluding tert-OH is 1. The Labute approximate surface area is 180 Å². The summed E-state index contributed by atoms with van der Waals surface area (Å²) < 4.78 is 11.2. The molecule has 0 aromatic carbocycles. The maximum atomic E-state index is 11.8. The van der Waals surface area contributed by atoms with Crippen LogP contribution < -0.4 is 0 Å². The predicted molar refractivity (Wildman–Crippen MR) is 115 cm³/mol. The number of hydrogen-bond acceptors (Lipinski definition) is 4. The van der Waals surface area contributed by atoms with Crippen molar-refractivity contribution in [2.45, 2.75) is 72.3 Å². The minimum absolute atomic E-state index is 0.147. The topological polar surface area (TPSA) is 59.1 Å². The van der Waals surface area contributed by atoms with Crippen molar-refractivity contribution in [1.29, 1.82) is 0 Å². The first-order valence-electron chi connectivity index (χ1n) is 12.0. The van der Waals surface area contributed by atoms with Gasteiger partial charge < -0.3 is 14.6 Å². The molecule has 2 saturated carbocycles. The summed E-state index contributed by atoms with van der Waals surface area (Å²) >= 11 is 0. The number of carbonyl (C=O) groups excluding carboxylic acids is 1. The quantitative estimate of drug-likeness (QED) is 0.513. The van der Waals surface area contributed by atoms with E-state index in [1.165, 1.54) is 37.0 Å². The molecule has 5 aliphatic rings. The van der Waals surface area contributed by atoms with E-state index in [4.69, 9.17) is 9.47 Å². The second-order valence-corrected chi connectivity index (χ2v) is 10.8. The van der Waals surface area contributed by atoms with Crippen LogP contribution in [0, 0.1) is 40.4 Å². The Morgan fingerprint density at radius 1 is 1.27 bits per heavy atom.